The first-order valence-corrected chi connectivity index (χ1v) is 12.6. The standard InChI is InChI=1S/C27H44N4O5/c1-9-10-16-31(23(24(33)29-17(2)3)20-13-11-12-18(4)19(20)5)25(34)21(14-15-22(28)32)30-26(35)36-27(6,7)8/h11-13,17,21,23H,9-10,14-16H2,1-8H3,(H2,28,32)(H,29,33)(H,30,35). The Hall–Kier alpha value is -3.10. The number of ether oxygens (including phenoxy) is 1. The largest absolute Gasteiger partial charge is 0.444 e. The van der Waals surface area contributed by atoms with Crippen LogP contribution in [0.4, 0.5) is 4.79 Å². The van der Waals surface area contributed by atoms with E-state index in [4.69, 9.17) is 10.5 Å². The summed E-state index contributed by atoms with van der Waals surface area (Å²) in [6.07, 6.45) is 0.537. The summed E-state index contributed by atoms with van der Waals surface area (Å²) in [5, 5.41) is 5.55. The summed E-state index contributed by atoms with van der Waals surface area (Å²) in [5.41, 5.74) is 7.19. The molecule has 9 nitrogen and oxygen atoms in total. The summed E-state index contributed by atoms with van der Waals surface area (Å²) >= 11 is 0. The van der Waals surface area contributed by atoms with Crippen molar-refractivity contribution in [3.63, 3.8) is 0 Å². The van der Waals surface area contributed by atoms with Crippen molar-refractivity contribution in [2.45, 2.75) is 105 Å². The van der Waals surface area contributed by atoms with Crippen LogP contribution in [0.5, 0.6) is 0 Å². The number of nitrogens with zero attached hydrogens (tertiary/aromatic N) is 1. The normalized spacial score (nSPS) is 13.0. The van der Waals surface area contributed by atoms with Crippen LogP contribution in [0.25, 0.3) is 0 Å². The molecule has 0 aliphatic carbocycles. The Morgan fingerprint density at radius 3 is 2.25 bits per heavy atom. The fourth-order valence-electron chi connectivity index (χ4n) is 3.77. The van der Waals surface area contributed by atoms with E-state index in [9.17, 15) is 19.2 Å². The van der Waals surface area contributed by atoms with Crippen molar-refractivity contribution in [1.29, 1.82) is 0 Å². The van der Waals surface area contributed by atoms with Crippen LogP contribution in [-0.2, 0) is 19.1 Å². The number of benzene rings is 1. The van der Waals surface area contributed by atoms with Gasteiger partial charge in [-0.25, -0.2) is 4.79 Å². The molecule has 0 saturated heterocycles. The number of aryl methyl sites for hydroxylation is 1. The molecule has 1 aromatic rings. The van der Waals surface area contributed by atoms with E-state index < -0.39 is 35.6 Å². The predicted octanol–water partition coefficient (Wildman–Crippen LogP) is 3.66. The molecule has 1 rings (SSSR count). The van der Waals surface area contributed by atoms with E-state index in [2.05, 4.69) is 10.6 Å². The van der Waals surface area contributed by atoms with E-state index in [1.54, 1.807) is 20.8 Å². The van der Waals surface area contributed by atoms with Gasteiger partial charge >= 0.3 is 6.09 Å². The minimum atomic E-state index is -1.09. The number of carbonyl (C=O) groups is 4. The molecule has 0 saturated carbocycles. The van der Waals surface area contributed by atoms with Crippen molar-refractivity contribution in [3.8, 4) is 0 Å². The van der Waals surface area contributed by atoms with Crippen LogP contribution < -0.4 is 16.4 Å². The minimum Gasteiger partial charge on any atom is -0.444 e. The summed E-state index contributed by atoms with van der Waals surface area (Å²) in [4.78, 5) is 53.1. The van der Waals surface area contributed by atoms with Gasteiger partial charge in [0, 0.05) is 19.0 Å². The number of unbranched alkanes of at least 4 members (excludes halogenated alkanes) is 1. The van der Waals surface area contributed by atoms with Gasteiger partial charge in [-0.1, -0.05) is 31.5 Å². The maximum absolute atomic E-state index is 14.0. The molecule has 1 aromatic carbocycles. The number of nitrogens with two attached hydrogens (primary N) is 1. The molecule has 0 radical (unpaired) electrons. The summed E-state index contributed by atoms with van der Waals surface area (Å²) in [5.74, 6) is -1.38. The van der Waals surface area contributed by atoms with Gasteiger partial charge in [-0.05, 0) is 78.0 Å². The van der Waals surface area contributed by atoms with Crippen molar-refractivity contribution < 1.29 is 23.9 Å². The Morgan fingerprint density at radius 1 is 1.08 bits per heavy atom. The molecular weight excluding hydrogens is 460 g/mol. The zero-order valence-electron chi connectivity index (χ0n) is 23.1. The number of alkyl carbamates (subject to hydrolysis) is 1. The highest BCUT2D eigenvalue weighted by atomic mass is 16.6. The average molecular weight is 505 g/mol. The summed E-state index contributed by atoms with van der Waals surface area (Å²) in [6, 6.07) is 3.51. The van der Waals surface area contributed by atoms with Gasteiger partial charge in [0.1, 0.15) is 17.7 Å². The number of carbonyl (C=O) groups excluding carboxylic acids is 4. The Bertz CT molecular complexity index is 923. The van der Waals surface area contributed by atoms with E-state index in [-0.39, 0.29) is 24.8 Å². The predicted molar refractivity (Wildman–Crippen MR) is 140 cm³/mol. The van der Waals surface area contributed by atoms with Crippen molar-refractivity contribution in [2.24, 2.45) is 5.73 Å². The highest BCUT2D eigenvalue weighted by Gasteiger charge is 2.37. The average Bonchev–Trinajstić information content (AvgIpc) is 2.74. The summed E-state index contributed by atoms with van der Waals surface area (Å²) in [7, 11) is 0. The van der Waals surface area contributed by atoms with Crippen LogP contribution in [0.1, 0.15) is 90.0 Å². The SMILES string of the molecule is CCCCN(C(=O)C(CCC(N)=O)NC(=O)OC(C)(C)C)C(C(=O)NC(C)C)c1cccc(C)c1C. The third-order valence-electron chi connectivity index (χ3n) is 5.64. The third-order valence-corrected chi connectivity index (χ3v) is 5.64. The molecule has 0 spiro atoms. The van der Waals surface area contributed by atoms with Gasteiger partial charge in [-0.3, -0.25) is 14.4 Å². The molecule has 0 aliphatic rings. The summed E-state index contributed by atoms with van der Waals surface area (Å²) < 4.78 is 5.35. The monoisotopic (exact) mass is 504 g/mol. The van der Waals surface area contributed by atoms with E-state index in [1.807, 2.05) is 52.8 Å². The van der Waals surface area contributed by atoms with Crippen molar-refractivity contribution >= 4 is 23.8 Å². The number of nitrogens with one attached hydrogen (secondary N) is 2. The smallest absolute Gasteiger partial charge is 0.408 e. The van der Waals surface area contributed by atoms with Gasteiger partial charge < -0.3 is 26.0 Å². The topological polar surface area (TPSA) is 131 Å². The zero-order chi connectivity index (χ0) is 27.6. The minimum absolute atomic E-state index is 0.0125. The van der Waals surface area contributed by atoms with Crippen LogP contribution in [-0.4, -0.2) is 52.9 Å². The van der Waals surface area contributed by atoms with Crippen LogP contribution in [0.2, 0.25) is 0 Å². The Labute approximate surface area is 215 Å². The lowest BCUT2D eigenvalue weighted by atomic mass is 9.94. The molecule has 0 bridgehead atoms. The molecule has 0 aliphatic heterocycles. The molecule has 36 heavy (non-hydrogen) atoms. The molecule has 9 heteroatoms. The molecule has 2 atom stereocenters. The van der Waals surface area contributed by atoms with Crippen LogP contribution >= 0.6 is 0 Å². The second-order valence-electron chi connectivity index (χ2n) is 10.4. The first kappa shape index (κ1) is 30.9. The quantitative estimate of drug-likeness (QED) is 0.400. The van der Waals surface area contributed by atoms with Gasteiger partial charge in [0.25, 0.3) is 0 Å². The molecule has 2 unspecified atom stereocenters. The van der Waals surface area contributed by atoms with E-state index in [0.717, 1.165) is 17.5 Å². The highest BCUT2D eigenvalue weighted by Crippen LogP contribution is 2.28. The highest BCUT2D eigenvalue weighted by molar-refractivity contribution is 5.92. The first-order chi connectivity index (χ1) is 16.7. The fourth-order valence-corrected chi connectivity index (χ4v) is 3.77. The molecular formula is C27H44N4O5. The number of rotatable bonds is 12. The maximum Gasteiger partial charge on any atom is 0.408 e. The number of hydrogen-bond acceptors (Lipinski definition) is 5. The van der Waals surface area contributed by atoms with Crippen LogP contribution in [0, 0.1) is 13.8 Å². The molecule has 0 aromatic heterocycles. The van der Waals surface area contributed by atoms with Gasteiger partial charge in [-0.15, -0.1) is 0 Å². The zero-order valence-corrected chi connectivity index (χ0v) is 23.1. The lowest BCUT2D eigenvalue weighted by molar-refractivity contribution is -0.143. The number of primary amides is 1. The van der Waals surface area contributed by atoms with Gasteiger partial charge in [0.15, 0.2) is 0 Å². The second-order valence-corrected chi connectivity index (χ2v) is 10.4. The Balaban J connectivity index is 3.55. The van der Waals surface area contributed by atoms with Crippen molar-refractivity contribution in [1.82, 2.24) is 15.5 Å². The van der Waals surface area contributed by atoms with Crippen LogP contribution in [0.3, 0.4) is 0 Å². The van der Waals surface area contributed by atoms with E-state index in [0.29, 0.717) is 18.5 Å². The van der Waals surface area contributed by atoms with Gasteiger partial charge in [0.05, 0.1) is 0 Å². The first-order valence-electron chi connectivity index (χ1n) is 12.6. The van der Waals surface area contributed by atoms with Gasteiger partial charge in [0.2, 0.25) is 17.7 Å². The lowest BCUT2D eigenvalue weighted by Crippen LogP contribution is -2.54. The second kappa shape index (κ2) is 13.8. The Morgan fingerprint density at radius 2 is 1.72 bits per heavy atom. The van der Waals surface area contributed by atoms with Gasteiger partial charge in [-0.2, -0.15) is 0 Å². The molecule has 0 fully saturated rings. The molecule has 4 N–H and O–H groups in total. The van der Waals surface area contributed by atoms with E-state index in [1.165, 1.54) is 4.90 Å². The lowest BCUT2D eigenvalue weighted by Gasteiger charge is -2.35. The van der Waals surface area contributed by atoms with Crippen molar-refractivity contribution in [3.05, 3.63) is 34.9 Å². The number of hydrogen-bond donors (Lipinski definition) is 3. The molecule has 0 heterocycles. The molecule has 4 amide bonds. The molecule has 202 valence electrons. The Kier molecular flexibility index (Phi) is 11.9. The van der Waals surface area contributed by atoms with E-state index >= 15 is 0 Å². The van der Waals surface area contributed by atoms with Crippen molar-refractivity contribution in [2.75, 3.05) is 6.54 Å². The number of amides is 4. The summed E-state index contributed by atoms with van der Waals surface area (Å²) in [6.45, 7) is 15.0. The fraction of sp³-hybridized carbons (Fsp3) is 0.630. The maximum atomic E-state index is 14.0. The van der Waals surface area contributed by atoms with Crippen LogP contribution in [0.15, 0.2) is 18.2 Å². The third kappa shape index (κ3) is 9.87.